The molecule has 0 bridgehead atoms. The summed E-state index contributed by atoms with van der Waals surface area (Å²) in [7, 11) is 0. The lowest BCUT2D eigenvalue weighted by molar-refractivity contribution is 0.991. The molecule has 1 aliphatic carbocycles. The van der Waals surface area contributed by atoms with Gasteiger partial charge in [0.25, 0.3) is 0 Å². The molecule has 0 spiro atoms. The van der Waals surface area contributed by atoms with E-state index in [1.54, 1.807) is 0 Å². The zero-order valence-electron chi connectivity index (χ0n) is 15.4. The van der Waals surface area contributed by atoms with E-state index >= 15 is 0 Å². The van der Waals surface area contributed by atoms with Gasteiger partial charge in [-0.05, 0) is 65.1 Å². The third-order valence-electron chi connectivity index (χ3n) is 5.70. The fourth-order valence-corrected chi connectivity index (χ4v) is 5.46. The van der Waals surface area contributed by atoms with Crippen molar-refractivity contribution in [2.75, 3.05) is 5.32 Å². The van der Waals surface area contributed by atoms with Crippen molar-refractivity contribution >= 4 is 59.7 Å². The predicted molar refractivity (Wildman–Crippen MR) is 124 cm³/mol. The molecule has 0 atom stereocenters. The van der Waals surface area contributed by atoms with Gasteiger partial charge in [0.2, 0.25) is 0 Å². The van der Waals surface area contributed by atoms with Gasteiger partial charge in [-0.25, -0.2) is 0 Å². The standard InChI is InChI=1S/C26H19NS/c1-2-8-19-17(7-1)15-24(21-10-4-3-9-20(19)21)27-18-13-14-26-23(16-18)22-11-5-6-12-25(22)28-26/h1-3,5-9,11-16,27H,4,10H2. The molecular formula is C26H19NS. The molecule has 1 aromatic heterocycles. The van der Waals surface area contributed by atoms with Crippen LogP contribution in [-0.4, -0.2) is 0 Å². The van der Waals surface area contributed by atoms with E-state index in [4.69, 9.17) is 0 Å². The summed E-state index contributed by atoms with van der Waals surface area (Å²) in [5.74, 6) is 0. The summed E-state index contributed by atoms with van der Waals surface area (Å²) >= 11 is 1.86. The topological polar surface area (TPSA) is 12.0 Å². The van der Waals surface area contributed by atoms with E-state index < -0.39 is 0 Å². The minimum atomic E-state index is 1.09. The summed E-state index contributed by atoms with van der Waals surface area (Å²) in [6, 6.07) is 26.4. The van der Waals surface area contributed by atoms with E-state index in [0.717, 1.165) is 18.5 Å². The van der Waals surface area contributed by atoms with Crippen LogP contribution in [0.3, 0.4) is 0 Å². The SMILES string of the molecule is C1=Cc2c(c(Nc3ccc4sc5ccccc5c4c3)cc3ccccc23)CC1. The lowest BCUT2D eigenvalue weighted by Crippen LogP contribution is -2.02. The van der Waals surface area contributed by atoms with Crippen molar-refractivity contribution in [2.45, 2.75) is 12.8 Å². The lowest BCUT2D eigenvalue weighted by atomic mass is 9.90. The minimum absolute atomic E-state index is 1.09. The molecule has 1 aliphatic rings. The van der Waals surface area contributed by atoms with E-state index in [-0.39, 0.29) is 0 Å². The average molecular weight is 378 g/mol. The zero-order valence-corrected chi connectivity index (χ0v) is 16.2. The van der Waals surface area contributed by atoms with Crippen LogP contribution in [0.25, 0.3) is 37.0 Å². The molecule has 0 radical (unpaired) electrons. The highest BCUT2D eigenvalue weighted by molar-refractivity contribution is 7.25. The maximum absolute atomic E-state index is 3.74. The number of rotatable bonds is 2. The van der Waals surface area contributed by atoms with Crippen LogP contribution in [0.2, 0.25) is 0 Å². The Morgan fingerprint density at radius 1 is 0.750 bits per heavy atom. The van der Waals surface area contributed by atoms with Gasteiger partial charge in [-0.1, -0.05) is 54.6 Å². The summed E-state index contributed by atoms with van der Waals surface area (Å²) in [6.07, 6.45) is 6.78. The van der Waals surface area contributed by atoms with E-state index in [1.165, 1.54) is 47.8 Å². The molecule has 0 saturated heterocycles. The Bertz CT molecular complexity index is 1390. The molecule has 1 heterocycles. The van der Waals surface area contributed by atoms with Crippen LogP contribution in [0.1, 0.15) is 17.5 Å². The molecule has 4 aromatic carbocycles. The molecule has 0 fully saturated rings. The Balaban J connectivity index is 1.51. The Labute approximate surface area is 167 Å². The van der Waals surface area contributed by atoms with Gasteiger partial charge in [0.05, 0.1) is 0 Å². The normalized spacial score (nSPS) is 13.3. The number of hydrogen-bond acceptors (Lipinski definition) is 2. The van der Waals surface area contributed by atoms with E-state index in [0.29, 0.717) is 0 Å². The molecule has 0 aliphatic heterocycles. The highest BCUT2D eigenvalue weighted by Crippen LogP contribution is 2.38. The maximum atomic E-state index is 3.74. The Hall–Kier alpha value is -3.10. The van der Waals surface area contributed by atoms with Crippen LogP contribution in [-0.2, 0) is 6.42 Å². The molecule has 1 nitrogen and oxygen atoms in total. The predicted octanol–water partition coefficient (Wildman–Crippen LogP) is 7.91. The largest absolute Gasteiger partial charge is 0.355 e. The fraction of sp³-hybridized carbons (Fsp3) is 0.0769. The maximum Gasteiger partial charge on any atom is 0.0429 e. The third kappa shape index (κ3) is 2.45. The second-order valence-corrected chi connectivity index (χ2v) is 8.50. The van der Waals surface area contributed by atoms with Crippen molar-refractivity contribution in [3.05, 3.63) is 90.0 Å². The second kappa shape index (κ2) is 6.22. The van der Waals surface area contributed by atoms with Gasteiger partial charge in [0.1, 0.15) is 0 Å². The molecule has 0 unspecified atom stereocenters. The van der Waals surface area contributed by atoms with Gasteiger partial charge in [-0.3, -0.25) is 0 Å². The molecule has 28 heavy (non-hydrogen) atoms. The molecular weight excluding hydrogens is 358 g/mol. The number of thiophene rings is 1. The summed E-state index contributed by atoms with van der Waals surface area (Å²) < 4.78 is 2.69. The van der Waals surface area contributed by atoms with E-state index in [1.807, 2.05) is 11.3 Å². The first kappa shape index (κ1) is 15.9. The van der Waals surface area contributed by atoms with Crippen LogP contribution in [0.5, 0.6) is 0 Å². The first-order valence-corrected chi connectivity index (χ1v) is 10.6. The fourth-order valence-electron chi connectivity index (χ4n) is 4.38. The van der Waals surface area contributed by atoms with Crippen molar-refractivity contribution in [1.82, 2.24) is 0 Å². The molecule has 0 amide bonds. The third-order valence-corrected chi connectivity index (χ3v) is 6.85. The van der Waals surface area contributed by atoms with Gasteiger partial charge in [-0.2, -0.15) is 0 Å². The number of allylic oxidation sites excluding steroid dienone is 1. The smallest absolute Gasteiger partial charge is 0.0429 e. The van der Waals surface area contributed by atoms with Crippen molar-refractivity contribution < 1.29 is 0 Å². The van der Waals surface area contributed by atoms with Crippen molar-refractivity contribution in [1.29, 1.82) is 0 Å². The molecule has 6 rings (SSSR count). The van der Waals surface area contributed by atoms with Crippen LogP contribution >= 0.6 is 11.3 Å². The van der Waals surface area contributed by atoms with Gasteiger partial charge >= 0.3 is 0 Å². The van der Waals surface area contributed by atoms with Crippen molar-refractivity contribution in [2.24, 2.45) is 0 Å². The highest BCUT2D eigenvalue weighted by Gasteiger charge is 2.14. The number of anilines is 2. The quantitative estimate of drug-likeness (QED) is 0.329. The van der Waals surface area contributed by atoms with E-state index in [2.05, 4.69) is 90.3 Å². The van der Waals surface area contributed by atoms with Gasteiger partial charge in [0, 0.05) is 31.5 Å². The van der Waals surface area contributed by atoms with Gasteiger partial charge < -0.3 is 5.32 Å². The Morgan fingerprint density at radius 2 is 1.57 bits per heavy atom. The highest BCUT2D eigenvalue weighted by atomic mass is 32.1. The lowest BCUT2D eigenvalue weighted by Gasteiger charge is -2.20. The van der Waals surface area contributed by atoms with Crippen molar-refractivity contribution in [3.8, 4) is 0 Å². The molecule has 134 valence electrons. The Morgan fingerprint density at radius 3 is 2.54 bits per heavy atom. The second-order valence-electron chi connectivity index (χ2n) is 7.41. The van der Waals surface area contributed by atoms with Crippen LogP contribution in [0, 0.1) is 0 Å². The first-order valence-electron chi connectivity index (χ1n) is 9.76. The van der Waals surface area contributed by atoms with Crippen molar-refractivity contribution in [3.63, 3.8) is 0 Å². The molecule has 0 saturated carbocycles. The monoisotopic (exact) mass is 377 g/mol. The van der Waals surface area contributed by atoms with Crippen LogP contribution in [0.4, 0.5) is 11.4 Å². The van der Waals surface area contributed by atoms with Crippen LogP contribution < -0.4 is 5.32 Å². The number of nitrogens with one attached hydrogen (secondary N) is 1. The molecule has 2 heteroatoms. The Kier molecular flexibility index (Phi) is 3.53. The average Bonchev–Trinajstić information content (AvgIpc) is 3.12. The zero-order chi connectivity index (χ0) is 18.5. The number of fused-ring (bicyclic) bond motifs is 6. The number of hydrogen-bond donors (Lipinski definition) is 1. The summed E-state index contributed by atoms with van der Waals surface area (Å²) in [5, 5.41) is 9.05. The van der Waals surface area contributed by atoms with Gasteiger partial charge in [0.15, 0.2) is 0 Å². The van der Waals surface area contributed by atoms with Crippen LogP contribution in [0.15, 0.2) is 78.9 Å². The molecule has 5 aromatic rings. The first-order chi connectivity index (χ1) is 13.9. The van der Waals surface area contributed by atoms with E-state index in [9.17, 15) is 0 Å². The summed E-state index contributed by atoms with van der Waals surface area (Å²) in [5.41, 5.74) is 5.19. The van der Waals surface area contributed by atoms with Gasteiger partial charge in [-0.15, -0.1) is 11.3 Å². The number of benzene rings is 4. The summed E-state index contributed by atoms with van der Waals surface area (Å²) in [6.45, 7) is 0. The summed E-state index contributed by atoms with van der Waals surface area (Å²) in [4.78, 5) is 0. The molecule has 1 N–H and O–H groups in total. The minimum Gasteiger partial charge on any atom is -0.355 e.